The predicted octanol–water partition coefficient (Wildman–Crippen LogP) is 2.89. The Morgan fingerprint density at radius 3 is 2.75 bits per heavy atom. The summed E-state index contributed by atoms with van der Waals surface area (Å²) in [7, 11) is 0. The third-order valence-corrected chi connectivity index (χ3v) is 4.25. The number of phenols is 1. The molecule has 1 aromatic rings. The summed E-state index contributed by atoms with van der Waals surface area (Å²) >= 11 is 0. The van der Waals surface area contributed by atoms with E-state index in [0.29, 0.717) is 17.1 Å². The zero-order chi connectivity index (χ0) is 11.6. The Balaban J connectivity index is 2.32. The number of rotatable bonds is 3. The Kier molecular flexibility index (Phi) is 3.20. The molecule has 1 unspecified atom stereocenters. The van der Waals surface area contributed by atoms with Gasteiger partial charge in [0.15, 0.2) is 0 Å². The van der Waals surface area contributed by atoms with Crippen LogP contribution in [0.5, 0.6) is 5.75 Å². The van der Waals surface area contributed by atoms with E-state index >= 15 is 0 Å². The second-order valence-electron chi connectivity index (χ2n) is 4.85. The van der Waals surface area contributed by atoms with Crippen molar-refractivity contribution in [1.82, 2.24) is 5.32 Å². The van der Waals surface area contributed by atoms with Crippen molar-refractivity contribution in [3.05, 3.63) is 29.8 Å². The smallest absolute Gasteiger partial charge is 0.115 e. The van der Waals surface area contributed by atoms with Gasteiger partial charge in [0, 0.05) is 19.0 Å². The molecular weight excluding hydrogens is 198 g/mol. The first kappa shape index (κ1) is 11.5. The lowest BCUT2D eigenvalue weighted by atomic mass is 9.71. The van der Waals surface area contributed by atoms with Crippen LogP contribution in [0, 0.1) is 5.41 Å². The maximum absolute atomic E-state index is 9.57. The summed E-state index contributed by atoms with van der Waals surface area (Å²) in [5, 5.41) is 13.1. The molecule has 0 radical (unpaired) electrons. The van der Waals surface area contributed by atoms with Crippen molar-refractivity contribution in [2.75, 3.05) is 13.1 Å². The van der Waals surface area contributed by atoms with Gasteiger partial charge in [-0.15, -0.1) is 0 Å². The van der Waals surface area contributed by atoms with Crippen LogP contribution in [-0.4, -0.2) is 18.2 Å². The van der Waals surface area contributed by atoms with Crippen molar-refractivity contribution < 1.29 is 5.11 Å². The molecule has 2 nitrogen and oxygen atoms in total. The molecule has 1 aliphatic rings. The van der Waals surface area contributed by atoms with Gasteiger partial charge in [0.2, 0.25) is 0 Å². The van der Waals surface area contributed by atoms with Gasteiger partial charge in [-0.25, -0.2) is 0 Å². The molecule has 1 aromatic carbocycles. The summed E-state index contributed by atoms with van der Waals surface area (Å²) < 4.78 is 0. The molecule has 88 valence electrons. The first-order valence-electron chi connectivity index (χ1n) is 6.21. The van der Waals surface area contributed by atoms with Gasteiger partial charge in [0.1, 0.15) is 5.75 Å². The molecule has 1 heterocycles. The lowest BCUT2D eigenvalue weighted by Crippen LogP contribution is -2.27. The van der Waals surface area contributed by atoms with Gasteiger partial charge < -0.3 is 10.4 Å². The second kappa shape index (κ2) is 4.46. The molecule has 2 rings (SSSR count). The fraction of sp³-hybridized carbons (Fsp3) is 0.571. The molecule has 1 fully saturated rings. The van der Waals surface area contributed by atoms with Crippen LogP contribution in [0.25, 0.3) is 0 Å². The third kappa shape index (κ3) is 1.82. The molecule has 0 spiro atoms. The minimum Gasteiger partial charge on any atom is -0.508 e. The van der Waals surface area contributed by atoms with Gasteiger partial charge in [-0.2, -0.15) is 0 Å². The van der Waals surface area contributed by atoms with Gasteiger partial charge in [0.05, 0.1) is 0 Å². The normalized spacial score (nSPS) is 23.5. The van der Waals surface area contributed by atoms with Crippen molar-refractivity contribution in [3.63, 3.8) is 0 Å². The third-order valence-electron chi connectivity index (χ3n) is 4.25. The summed E-state index contributed by atoms with van der Waals surface area (Å²) in [4.78, 5) is 0. The number of benzene rings is 1. The summed E-state index contributed by atoms with van der Waals surface area (Å²) in [5.74, 6) is 0.917. The summed E-state index contributed by atoms with van der Waals surface area (Å²) in [5.41, 5.74) is 1.64. The Bertz CT molecular complexity index is 358. The molecule has 2 N–H and O–H groups in total. The van der Waals surface area contributed by atoms with Gasteiger partial charge in [-0.05, 0) is 36.0 Å². The van der Waals surface area contributed by atoms with Crippen LogP contribution < -0.4 is 5.32 Å². The highest BCUT2D eigenvalue weighted by Gasteiger charge is 2.40. The highest BCUT2D eigenvalue weighted by molar-refractivity contribution is 5.32. The van der Waals surface area contributed by atoms with E-state index in [9.17, 15) is 5.11 Å². The van der Waals surface area contributed by atoms with E-state index in [-0.39, 0.29) is 0 Å². The van der Waals surface area contributed by atoms with Crippen molar-refractivity contribution in [3.8, 4) is 5.75 Å². The zero-order valence-corrected chi connectivity index (χ0v) is 10.2. The molecular formula is C14H21NO. The average molecular weight is 219 g/mol. The van der Waals surface area contributed by atoms with E-state index in [1.807, 2.05) is 12.1 Å². The molecule has 2 heteroatoms. The lowest BCUT2D eigenvalue weighted by molar-refractivity contribution is 0.260. The minimum absolute atomic E-state index is 0.369. The molecule has 0 amide bonds. The molecule has 16 heavy (non-hydrogen) atoms. The molecule has 0 bridgehead atoms. The molecule has 1 atom stereocenters. The Morgan fingerprint density at radius 2 is 2.12 bits per heavy atom. The molecule has 0 saturated carbocycles. The van der Waals surface area contributed by atoms with E-state index in [0.717, 1.165) is 13.1 Å². The number of phenolic OH excluding ortho intramolecular Hbond substituents is 1. The topological polar surface area (TPSA) is 32.3 Å². The fourth-order valence-electron chi connectivity index (χ4n) is 3.01. The Hall–Kier alpha value is -1.02. The lowest BCUT2D eigenvalue weighted by Gasteiger charge is -2.33. The number of aromatic hydroxyl groups is 1. The summed E-state index contributed by atoms with van der Waals surface area (Å²) in [6.07, 6.45) is 2.38. The van der Waals surface area contributed by atoms with Crippen LogP contribution >= 0.6 is 0 Å². The quantitative estimate of drug-likeness (QED) is 0.819. The molecule has 0 aromatic heterocycles. The van der Waals surface area contributed by atoms with Crippen LogP contribution in [0.4, 0.5) is 0 Å². The largest absolute Gasteiger partial charge is 0.508 e. The van der Waals surface area contributed by atoms with E-state index in [2.05, 4.69) is 25.2 Å². The van der Waals surface area contributed by atoms with Gasteiger partial charge >= 0.3 is 0 Å². The first-order chi connectivity index (χ1) is 7.72. The van der Waals surface area contributed by atoms with Gasteiger partial charge in [-0.1, -0.05) is 26.0 Å². The van der Waals surface area contributed by atoms with Crippen LogP contribution in [0.2, 0.25) is 0 Å². The first-order valence-corrected chi connectivity index (χ1v) is 6.21. The average Bonchev–Trinajstić information content (AvgIpc) is 2.73. The molecule has 1 saturated heterocycles. The highest BCUT2D eigenvalue weighted by Crippen LogP contribution is 2.44. The van der Waals surface area contributed by atoms with Crippen LogP contribution in [-0.2, 0) is 0 Å². The number of nitrogens with one attached hydrogen (secondary N) is 1. The zero-order valence-electron chi connectivity index (χ0n) is 10.2. The van der Waals surface area contributed by atoms with E-state index in [1.54, 1.807) is 6.07 Å². The van der Waals surface area contributed by atoms with E-state index in [1.165, 1.54) is 18.4 Å². The number of hydrogen-bond acceptors (Lipinski definition) is 2. The summed E-state index contributed by atoms with van der Waals surface area (Å²) in [6, 6.07) is 7.74. The standard InChI is InChI=1S/C14H21NO/c1-3-14(4-2)10-15-9-13(14)11-6-5-7-12(16)8-11/h5-8,13,15-16H,3-4,9-10H2,1-2H3. The van der Waals surface area contributed by atoms with Gasteiger partial charge in [-0.3, -0.25) is 0 Å². The van der Waals surface area contributed by atoms with Crippen molar-refractivity contribution in [2.45, 2.75) is 32.6 Å². The monoisotopic (exact) mass is 219 g/mol. The SMILES string of the molecule is CCC1(CC)CNCC1c1cccc(O)c1. The van der Waals surface area contributed by atoms with Crippen molar-refractivity contribution in [2.24, 2.45) is 5.41 Å². The van der Waals surface area contributed by atoms with E-state index < -0.39 is 0 Å². The highest BCUT2D eigenvalue weighted by atomic mass is 16.3. The van der Waals surface area contributed by atoms with Crippen LogP contribution in [0.3, 0.4) is 0 Å². The maximum Gasteiger partial charge on any atom is 0.115 e. The van der Waals surface area contributed by atoms with Crippen molar-refractivity contribution >= 4 is 0 Å². The Morgan fingerprint density at radius 1 is 1.38 bits per heavy atom. The van der Waals surface area contributed by atoms with E-state index in [4.69, 9.17) is 0 Å². The molecule has 1 aliphatic heterocycles. The Labute approximate surface area is 97.7 Å². The van der Waals surface area contributed by atoms with Crippen LogP contribution in [0.15, 0.2) is 24.3 Å². The molecule has 0 aliphatic carbocycles. The van der Waals surface area contributed by atoms with Crippen LogP contribution in [0.1, 0.15) is 38.2 Å². The predicted molar refractivity (Wildman–Crippen MR) is 66.7 cm³/mol. The maximum atomic E-state index is 9.57. The van der Waals surface area contributed by atoms with Gasteiger partial charge in [0.25, 0.3) is 0 Å². The van der Waals surface area contributed by atoms with Crippen molar-refractivity contribution in [1.29, 1.82) is 0 Å². The minimum atomic E-state index is 0.369. The second-order valence-corrected chi connectivity index (χ2v) is 4.85. The number of hydrogen-bond donors (Lipinski definition) is 2. The fourth-order valence-corrected chi connectivity index (χ4v) is 3.01. The summed E-state index contributed by atoms with van der Waals surface area (Å²) in [6.45, 7) is 6.67.